The summed E-state index contributed by atoms with van der Waals surface area (Å²) in [5, 5.41) is 11.7. The third-order valence-corrected chi connectivity index (χ3v) is 2.93. The molecular weight excluding hydrogens is 268 g/mol. The fraction of sp³-hybridized carbons (Fsp3) is 0.385. The van der Waals surface area contributed by atoms with Gasteiger partial charge in [0, 0.05) is 13.1 Å². The summed E-state index contributed by atoms with van der Waals surface area (Å²) in [4.78, 5) is 24.4. The van der Waals surface area contributed by atoms with Gasteiger partial charge < -0.3 is 15.3 Å². The van der Waals surface area contributed by atoms with Gasteiger partial charge in [-0.25, -0.2) is 9.59 Å². The van der Waals surface area contributed by atoms with E-state index >= 15 is 0 Å². The number of hydrogen-bond acceptors (Lipinski definition) is 2. The van der Waals surface area contributed by atoms with Gasteiger partial charge in [-0.15, -0.1) is 0 Å². The quantitative estimate of drug-likeness (QED) is 0.871. The van der Waals surface area contributed by atoms with Crippen LogP contribution in [0.5, 0.6) is 0 Å². The van der Waals surface area contributed by atoms with Crippen molar-refractivity contribution >= 4 is 29.3 Å². The first-order valence-corrected chi connectivity index (χ1v) is 6.46. The zero-order chi connectivity index (χ0) is 14.4. The maximum Gasteiger partial charge on any atom is 0.335 e. The molecule has 0 saturated carbocycles. The van der Waals surface area contributed by atoms with Crippen LogP contribution in [0.25, 0.3) is 0 Å². The molecule has 1 aromatic rings. The van der Waals surface area contributed by atoms with Crippen LogP contribution in [0, 0.1) is 0 Å². The Labute approximate surface area is 117 Å². The number of benzene rings is 1. The summed E-state index contributed by atoms with van der Waals surface area (Å²) >= 11 is 5.95. The first-order chi connectivity index (χ1) is 8.99. The predicted molar refractivity (Wildman–Crippen MR) is 75.0 cm³/mol. The summed E-state index contributed by atoms with van der Waals surface area (Å²) in [6.45, 7) is 5.15. The number of carbonyl (C=O) groups is 2. The normalized spacial score (nSPS) is 10.1. The van der Waals surface area contributed by atoms with Crippen molar-refractivity contribution in [2.75, 3.05) is 18.4 Å². The van der Waals surface area contributed by atoms with Crippen molar-refractivity contribution in [1.82, 2.24) is 4.90 Å². The van der Waals surface area contributed by atoms with Crippen LogP contribution < -0.4 is 5.32 Å². The van der Waals surface area contributed by atoms with Gasteiger partial charge in [-0.1, -0.05) is 18.5 Å². The molecule has 2 N–H and O–H groups in total. The number of nitrogens with one attached hydrogen (secondary N) is 1. The predicted octanol–water partition coefficient (Wildman–Crippen LogP) is 3.30. The van der Waals surface area contributed by atoms with E-state index < -0.39 is 5.97 Å². The van der Waals surface area contributed by atoms with Crippen LogP contribution in [0.3, 0.4) is 0 Å². The standard InChI is InChI=1S/C13H17ClN2O3/c1-3-7-16(4-2)13(19)15-11-6-5-9(12(17)18)8-10(11)14/h5-6,8H,3-4,7H2,1-2H3,(H,15,19)(H,17,18). The van der Waals surface area contributed by atoms with Crippen LogP contribution >= 0.6 is 11.6 Å². The van der Waals surface area contributed by atoms with Gasteiger partial charge >= 0.3 is 12.0 Å². The highest BCUT2D eigenvalue weighted by molar-refractivity contribution is 6.34. The lowest BCUT2D eigenvalue weighted by Gasteiger charge is -2.21. The lowest BCUT2D eigenvalue weighted by atomic mass is 10.2. The second-order valence-corrected chi connectivity index (χ2v) is 4.42. The Hall–Kier alpha value is -1.75. The molecule has 1 rings (SSSR count). The third-order valence-electron chi connectivity index (χ3n) is 2.62. The number of urea groups is 1. The summed E-state index contributed by atoms with van der Waals surface area (Å²) in [5.74, 6) is -1.05. The lowest BCUT2D eigenvalue weighted by Crippen LogP contribution is -2.35. The number of rotatable bonds is 5. The minimum absolute atomic E-state index is 0.0869. The van der Waals surface area contributed by atoms with Crippen molar-refractivity contribution < 1.29 is 14.7 Å². The van der Waals surface area contributed by atoms with E-state index in [2.05, 4.69) is 5.32 Å². The first-order valence-electron chi connectivity index (χ1n) is 6.08. The average molecular weight is 285 g/mol. The summed E-state index contributed by atoms with van der Waals surface area (Å²) in [7, 11) is 0. The van der Waals surface area contributed by atoms with E-state index in [1.165, 1.54) is 18.2 Å². The minimum Gasteiger partial charge on any atom is -0.478 e. The average Bonchev–Trinajstić information content (AvgIpc) is 2.37. The van der Waals surface area contributed by atoms with Crippen molar-refractivity contribution in [2.24, 2.45) is 0 Å². The molecule has 104 valence electrons. The van der Waals surface area contributed by atoms with Crippen LogP contribution in [-0.2, 0) is 0 Å². The Morgan fingerprint density at radius 3 is 2.53 bits per heavy atom. The van der Waals surface area contributed by atoms with E-state index in [0.29, 0.717) is 18.8 Å². The van der Waals surface area contributed by atoms with Crippen LogP contribution in [0.2, 0.25) is 5.02 Å². The molecule has 0 unspecified atom stereocenters. The van der Waals surface area contributed by atoms with Crippen LogP contribution in [0.15, 0.2) is 18.2 Å². The maximum atomic E-state index is 11.9. The SMILES string of the molecule is CCCN(CC)C(=O)Nc1ccc(C(=O)O)cc1Cl. The molecule has 0 saturated heterocycles. The van der Waals surface area contributed by atoms with Gasteiger partial charge in [-0.2, -0.15) is 0 Å². The number of anilines is 1. The first kappa shape index (κ1) is 15.3. The fourth-order valence-corrected chi connectivity index (χ4v) is 1.84. The third kappa shape index (κ3) is 4.13. The van der Waals surface area contributed by atoms with Crippen LogP contribution in [0.4, 0.5) is 10.5 Å². The number of aromatic carboxylic acids is 1. The Bertz CT molecular complexity index is 477. The highest BCUT2D eigenvalue weighted by Gasteiger charge is 2.13. The molecule has 0 spiro atoms. The van der Waals surface area contributed by atoms with Gasteiger partial charge in [-0.3, -0.25) is 0 Å². The van der Waals surface area contributed by atoms with Gasteiger partial charge in [0.25, 0.3) is 0 Å². The number of hydrogen-bond donors (Lipinski definition) is 2. The zero-order valence-corrected chi connectivity index (χ0v) is 11.7. The van der Waals surface area contributed by atoms with Crippen molar-refractivity contribution in [3.63, 3.8) is 0 Å². The maximum absolute atomic E-state index is 11.9. The fourth-order valence-electron chi connectivity index (χ4n) is 1.62. The number of nitrogens with zero attached hydrogens (tertiary/aromatic N) is 1. The number of carboxylic acids is 1. The van der Waals surface area contributed by atoms with Crippen molar-refractivity contribution in [2.45, 2.75) is 20.3 Å². The summed E-state index contributed by atoms with van der Waals surface area (Å²) < 4.78 is 0. The Morgan fingerprint density at radius 2 is 2.05 bits per heavy atom. The molecule has 1 aromatic carbocycles. The largest absolute Gasteiger partial charge is 0.478 e. The molecule has 0 fully saturated rings. The van der Waals surface area contributed by atoms with E-state index in [0.717, 1.165) is 6.42 Å². The lowest BCUT2D eigenvalue weighted by molar-refractivity contribution is 0.0697. The van der Waals surface area contributed by atoms with E-state index in [1.54, 1.807) is 4.90 Å². The van der Waals surface area contributed by atoms with Crippen molar-refractivity contribution in [3.8, 4) is 0 Å². The van der Waals surface area contributed by atoms with Gasteiger partial charge in [0.1, 0.15) is 0 Å². The smallest absolute Gasteiger partial charge is 0.335 e. The van der Waals surface area contributed by atoms with Crippen LogP contribution in [-0.4, -0.2) is 35.1 Å². The van der Waals surface area contributed by atoms with Crippen molar-refractivity contribution in [3.05, 3.63) is 28.8 Å². The molecule has 0 atom stereocenters. The van der Waals surface area contributed by atoms with Gasteiger partial charge in [0.15, 0.2) is 0 Å². The Kier molecular flexibility index (Phi) is 5.63. The van der Waals surface area contributed by atoms with E-state index in [9.17, 15) is 9.59 Å². The van der Waals surface area contributed by atoms with Crippen molar-refractivity contribution in [1.29, 1.82) is 0 Å². The zero-order valence-electron chi connectivity index (χ0n) is 10.9. The second kappa shape index (κ2) is 6.99. The Balaban J connectivity index is 2.82. The number of halogens is 1. The van der Waals surface area contributed by atoms with Crippen LogP contribution in [0.1, 0.15) is 30.6 Å². The molecule has 0 bridgehead atoms. The summed E-state index contributed by atoms with van der Waals surface area (Å²) in [6, 6.07) is 3.97. The summed E-state index contributed by atoms with van der Waals surface area (Å²) in [6.07, 6.45) is 0.868. The van der Waals surface area contributed by atoms with E-state index in [-0.39, 0.29) is 16.6 Å². The second-order valence-electron chi connectivity index (χ2n) is 4.01. The minimum atomic E-state index is -1.05. The van der Waals surface area contributed by atoms with E-state index in [4.69, 9.17) is 16.7 Å². The molecule has 5 nitrogen and oxygen atoms in total. The Morgan fingerprint density at radius 1 is 1.37 bits per heavy atom. The molecule has 19 heavy (non-hydrogen) atoms. The molecule has 0 aliphatic rings. The molecule has 0 radical (unpaired) electrons. The summed E-state index contributed by atoms with van der Waals surface area (Å²) in [5.41, 5.74) is 0.495. The number of amides is 2. The highest BCUT2D eigenvalue weighted by atomic mass is 35.5. The molecule has 0 aromatic heterocycles. The monoisotopic (exact) mass is 284 g/mol. The number of carbonyl (C=O) groups excluding carboxylic acids is 1. The van der Waals surface area contributed by atoms with Gasteiger partial charge in [0.05, 0.1) is 16.3 Å². The van der Waals surface area contributed by atoms with Gasteiger partial charge in [0.2, 0.25) is 0 Å². The molecule has 6 heteroatoms. The molecule has 0 aliphatic carbocycles. The topological polar surface area (TPSA) is 69.6 Å². The molecule has 0 heterocycles. The molecular formula is C13H17ClN2O3. The van der Waals surface area contributed by atoms with Gasteiger partial charge in [-0.05, 0) is 31.5 Å². The molecule has 0 aliphatic heterocycles. The molecule has 2 amide bonds. The van der Waals surface area contributed by atoms with E-state index in [1.807, 2.05) is 13.8 Å². The highest BCUT2D eigenvalue weighted by Crippen LogP contribution is 2.23. The number of carboxylic acid groups (broad SMARTS) is 1.